The Morgan fingerprint density at radius 3 is 2.93 bits per heavy atom. The van der Waals surface area contributed by atoms with Gasteiger partial charge >= 0.3 is 5.97 Å². The third kappa shape index (κ3) is 4.57. The van der Waals surface area contributed by atoms with Crippen LogP contribution >= 0.6 is 11.3 Å². The van der Waals surface area contributed by atoms with Gasteiger partial charge in [0.05, 0.1) is 17.6 Å². The van der Waals surface area contributed by atoms with Gasteiger partial charge in [0.1, 0.15) is 5.69 Å². The lowest BCUT2D eigenvalue weighted by molar-refractivity contribution is -0.139. The molecule has 140 valence electrons. The van der Waals surface area contributed by atoms with Crippen LogP contribution in [-0.2, 0) is 22.7 Å². The Morgan fingerprint density at radius 2 is 2.11 bits per heavy atom. The molecule has 0 bridgehead atoms. The van der Waals surface area contributed by atoms with Crippen molar-refractivity contribution in [2.24, 2.45) is 0 Å². The van der Waals surface area contributed by atoms with E-state index < -0.39 is 5.97 Å². The zero-order valence-electron chi connectivity index (χ0n) is 14.6. The molecule has 0 spiro atoms. The Hall–Kier alpha value is -3.59. The molecule has 0 fully saturated rings. The van der Waals surface area contributed by atoms with Crippen molar-refractivity contribution >= 4 is 23.4 Å². The molecule has 0 aliphatic heterocycles. The molecule has 0 N–H and O–H groups in total. The van der Waals surface area contributed by atoms with Crippen LogP contribution in [0.3, 0.4) is 0 Å². The predicted octanol–water partition coefficient (Wildman–Crippen LogP) is 3.19. The second-order valence-corrected chi connectivity index (χ2v) is 6.70. The van der Waals surface area contributed by atoms with E-state index in [0.29, 0.717) is 18.1 Å². The maximum atomic E-state index is 11.9. The number of aromatic nitrogens is 5. The van der Waals surface area contributed by atoms with Gasteiger partial charge in [-0.05, 0) is 23.1 Å². The number of benzene rings is 1. The van der Waals surface area contributed by atoms with Gasteiger partial charge in [-0.25, -0.2) is 9.48 Å². The minimum atomic E-state index is -0.534. The van der Waals surface area contributed by atoms with Crippen molar-refractivity contribution in [1.29, 1.82) is 0 Å². The van der Waals surface area contributed by atoms with Crippen LogP contribution in [0, 0.1) is 0 Å². The SMILES string of the molecule is O=C(/C=C/c1cn(Cc2ccccc2)nn1)OCc1nc(-c2cccs2)no1. The summed E-state index contributed by atoms with van der Waals surface area (Å²) < 4.78 is 11.9. The number of hydrogen-bond donors (Lipinski definition) is 0. The highest BCUT2D eigenvalue weighted by atomic mass is 32.1. The predicted molar refractivity (Wildman–Crippen MR) is 102 cm³/mol. The summed E-state index contributed by atoms with van der Waals surface area (Å²) in [6, 6.07) is 13.7. The van der Waals surface area contributed by atoms with Gasteiger partial charge in [-0.3, -0.25) is 0 Å². The van der Waals surface area contributed by atoms with Crippen LogP contribution in [0.15, 0.2) is 64.6 Å². The minimum Gasteiger partial charge on any atom is -0.452 e. The molecule has 0 saturated heterocycles. The van der Waals surface area contributed by atoms with Crippen LogP contribution in [0.1, 0.15) is 17.1 Å². The first kappa shape index (κ1) is 17.8. The molecule has 3 heterocycles. The molecule has 0 atom stereocenters. The summed E-state index contributed by atoms with van der Waals surface area (Å²) in [5.74, 6) is 0.180. The zero-order chi connectivity index (χ0) is 19.2. The summed E-state index contributed by atoms with van der Waals surface area (Å²) in [5, 5.41) is 13.8. The van der Waals surface area contributed by atoms with E-state index in [4.69, 9.17) is 9.26 Å². The molecule has 28 heavy (non-hydrogen) atoms. The Morgan fingerprint density at radius 1 is 1.21 bits per heavy atom. The summed E-state index contributed by atoms with van der Waals surface area (Å²) in [6.07, 6.45) is 4.58. The van der Waals surface area contributed by atoms with E-state index in [-0.39, 0.29) is 12.5 Å². The van der Waals surface area contributed by atoms with Crippen LogP contribution < -0.4 is 0 Å². The highest BCUT2D eigenvalue weighted by molar-refractivity contribution is 7.13. The van der Waals surface area contributed by atoms with Crippen molar-refractivity contribution < 1.29 is 14.1 Å². The number of thiophene rings is 1. The Balaban J connectivity index is 1.28. The average molecular weight is 393 g/mol. The Labute approximate surface area is 164 Å². The molecule has 0 radical (unpaired) electrons. The number of rotatable bonds is 7. The highest BCUT2D eigenvalue weighted by Gasteiger charge is 2.10. The fraction of sp³-hybridized carbons (Fsp3) is 0.105. The minimum absolute atomic E-state index is 0.0950. The van der Waals surface area contributed by atoms with Crippen molar-refractivity contribution in [2.45, 2.75) is 13.2 Å². The van der Waals surface area contributed by atoms with E-state index >= 15 is 0 Å². The molecule has 4 rings (SSSR count). The third-order valence-corrected chi connectivity index (χ3v) is 4.55. The number of carbonyl (C=O) groups is 1. The lowest BCUT2D eigenvalue weighted by Crippen LogP contribution is -2.01. The number of ether oxygens (including phenoxy) is 1. The first-order valence-corrected chi connectivity index (χ1v) is 9.29. The molecule has 9 heteroatoms. The van der Waals surface area contributed by atoms with Crippen LogP contribution in [-0.4, -0.2) is 31.1 Å². The summed E-state index contributed by atoms with van der Waals surface area (Å²) in [5.41, 5.74) is 1.68. The molecule has 1 aromatic carbocycles. The van der Waals surface area contributed by atoms with Crippen LogP contribution in [0.5, 0.6) is 0 Å². The topological polar surface area (TPSA) is 95.9 Å². The van der Waals surface area contributed by atoms with E-state index in [9.17, 15) is 4.79 Å². The molecule has 0 aliphatic carbocycles. The quantitative estimate of drug-likeness (QED) is 0.351. The number of hydrogen-bond acceptors (Lipinski definition) is 8. The normalized spacial score (nSPS) is 11.1. The van der Waals surface area contributed by atoms with Gasteiger partial charge in [0, 0.05) is 6.08 Å². The summed E-state index contributed by atoms with van der Waals surface area (Å²) in [4.78, 5) is 17.0. The van der Waals surface area contributed by atoms with Gasteiger partial charge in [-0.15, -0.1) is 16.4 Å². The second kappa shape index (κ2) is 8.40. The van der Waals surface area contributed by atoms with E-state index in [1.165, 1.54) is 17.4 Å². The smallest absolute Gasteiger partial charge is 0.331 e. The maximum absolute atomic E-state index is 11.9. The van der Waals surface area contributed by atoms with Crippen molar-refractivity contribution in [2.75, 3.05) is 0 Å². The lowest BCUT2D eigenvalue weighted by atomic mass is 10.2. The zero-order valence-corrected chi connectivity index (χ0v) is 15.5. The molecular weight excluding hydrogens is 378 g/mol. The average Bonchev–Trinajstić information content (AvgIpc) is 3.47. The standard InChI is InChI=1S/C19H15N5O3S/c25-18(26-13-17-20-19(22-27-17)16-7-4-10-28-16)9-8-15-12-24(23-21-15)11-14-5-2-1-3-6-14/h1-10,12H,11,13H2/b9-8+. The molecular formula is C19H15N5O3S. The molecule has 0 saturated carbocycles. The summed E-state index contributed by atoms with van der Waals surface area (Å²) in [7, 11) is 0. The van der Waals surface area contributed by atoms with Gasteiger partial charge in [-0.1, -0.05) is 46.8 Å². The van der Waals surface area contributed by atoms with Crippen molar-refractivity contribution in [1.82, 2.24) is 25.1 Å². The number of esters is 1. The van der Waals surface area contributed by atoms with E-state index in [1.807, 2.05) is 47.8 Å². The molecule has 0 amide bonds. The van der Waals surface area contributed by atoms with Gasteiger partial charge in [-0.2, -0.15) is 4.98 Å². The van der Waals surface area contributed by atoms with Gasteiger partial charge in [0.25, 0.3) is 5.89 Å². The van der Waals surface area contributed by atoms with Gasteiger partial charge in [0.15, 0.2) is 6.61 Å². The monoisotopic (exact) mass is 393 g/mol. The van der Waals surface area contributed by atoms with Crippen molar-refractivity contribution in [3.8, 4) is 10.7 Å². The molecule has 0 aliphatic rings. The van der Waals surface area contributed by atoms with Gasteiger partial charge < -0.3 is 9.26 Å². The molecule has 0 unspecified atom stereocenters. The fourth-order valence-electron chi connectivity index (χ4n) is 2.39. The number of nitrogens with zero attached hydrogens (tertiary/aromatic N) is 5. The number of carbonyl (C=O) groups excluding carboxylic acids is 1. The molecule has 3 aromatic heterocycles. The van der Waals surface area contributed by atoms with Crippen molar-refractivity contribution in [3.63, 3.8) is 0 Å². The van der Waals surface area contributed by atoms with E-state index in [1.54, 1.807) is 17.0 Å². The fourth-order valence-corrected chi connectivity index (χ4v) is 3.04. The lowest BCUT2D eigenvalue weighted by Gasteiger charge is -1.98. The Bertz CT molecular complexity index is 1070. The second-order valence-electron chi connectivity index (χ2n) is 5.76. The first-order chi connectivity index (χ1) is 13.8. The van der Waals surface area contributed by atoms with Crippen LogP contribution in [0.25, 0.3) is 16.8 Å². The van der Waals surface area contributed by atoms with Gasteiger partial charge in [0.2, 0.25) is 5.82 Å². The third-order valence-electron chi connectivity index (χ3n) is 3.68. The molecule has 8 nitrogen and oxygen atoms in total. The largest absolute Gasteiger partial charge is 0.452 e. The Kier molecular flexibility index (Phi) is 5.34. The van der Waals surface area contributed by atoms with E-state index in [0.717, 1.165) is 10.4 Å². The van der Waals surface area contributed by atoms with Crippen molar-refractivity contribution in [3.05, 3.63) is 77.3 Å². The highest BCUT2D eigenvalue weighted by Crippen LogP contribution is 2.21. The van der Waals surface area contributed by atoms with Crippen LogP contribution in [0.4, 0.5) is 0 Å². The molecule has 4 aromatic rings. The maximum Gasteiger partial charge on any atom is 0.331 e. The van der Waals surface area contributed by atoms with Crippen LogP contribution in [0.2, 0.25) is 0 Å². The summed E-state index contributed by atoms with van der Waals surface area (Å²) in [6.45, 7) is 0.512. The van der Waals surface area contributed by atoms with E-state index in [2.05, 4.69) is 20.5 Å². The first-order valence-electron chi connectivity index (χ1n) is 8.41. The summed E-state index contributed by atoms with van der Waals surface area (Å²) >= 11 is 1.50.